The SMILES string of the molecule is Cc1oc(-c2ccccc2)nc1CCOc1ccc(CCC2=C(C(=O)O)CCN(N=C(C=CN)C(F)(F)F)C2)cc1. The number of carboxylic acids is 1. The molecule has 0 spiro atoms. The molecule has 3 aromatic rings. The number of hydrazone groups is 1. The molecule has 0 bridgehead atoms. The number of ether oxygens (including phenoxy) is 1. The number of carbonyl (C=O) groups is 1. The van der Waals surface area contributed by atoms with Crippen molar-refractivity contribution in [2.75, 3.05) is 19.7 Å². The average Bonchev–Trinajstić information content (AvgIpc) is 3.32. The van der Waals surface area contributed by atoms with E-state index >= 15 is 0 Å². The fourth-order valence-corrected chi connectivity index (χ4v) is 4.49. The van der Waals surface area contributed by atoms with Gasteiger partial charge in [-0.3, -0.25) is 5.01 Å². The number of allylic oxidation sites excluding steroid dienone is 1. The zero-order valence-electron chi connectivity index (χ0n) is 22.5. The number of carboxylic acid groups (broad SMARTS) is 1. The van der Waals surface area contributed by atoms with Crippen molar-refractivity contribution >= 4 is 11.7 Å². The quantitative estimate of drug-likeness (QED) is 0.286. The molecule has 0 fully saturated rings. The van der Waals surface area contributed by atoms with E-state index in [0.717, 1.165) is 28.8 Å². The molecule has 2 aromatic carbocycles. The van der Waals surface area contributed by atoms with Crippen molar-refractivity contribution in [2.45, 2.75) is 38.8 Å². The summed E-state index contributed by atoms with van der Waals surface area (Å²) in [6.07, 6.45) is -1.65. The van der Waals surface area contributed by atoms with E-state index in [4.69, 9.17) is 14.9 Å². The molecular formula is C30H31F3N4O4. The Morgan fingerprint density at radius 3 is 2.54 bits per heavy atom. The first-order chi connectivity index (χ1) is 19.6. The van der Waals surface area contributed by atoms with Gasteiger partial charge in [0.2, 0.25) is 5.89 Å². The summed E-state index contributed by atoms with van der Waals surface area (Å²) in [7, 11) is 0. The van der Waals surface area contributed by atoms with Gasteiger partial charge in [0.05, 0.1) is 18.8 Å². The van der Waals surface area contributed by atoms with Crippen LogP contribution >= 0.6 is 0 Å². The molecule has 0 amide bonds. The topological polar surface area (TPSA) is 114 Å². The lowest BCUT2D eigenvalue weighted by molar-refractivity contribution is -0.133. The molecule has 2 heterocycles. The van der Waals surface area contributed by atoms with Crippen LogP contribution in [0.25, 0.3) is 11.5 Å². The first-order valence-electron chi connectivity index (χ1n) is 13.1. The molecule has 8 nitrogen and oxygen atoms in total. The van der Waals surface area contributed by atoms with Gasteiger partial charge in [0.15, 0.2) is 5.71 Å². The Labute approximate surface area is 235 Å². The Morgan fingerprint density at radius 1 is 1.15 bits per heavy atom. The molecule has 41 heavy (non-hydrogen) atoms. The van der Waals surface area contributed by atoms with Crippen LogP contribution in [0.15, 0.2) is 87.5 Å². The van der Waals surface area contributed by atoms with Crippen LogP contribution in [0.4, 0.5) is 13.2 Å². The number of oxazole rings is 1. The Morgan fingerprint density at radius 2 is 1.88 bits per heavy atom. The zero-order chi connectivity index (χ0) is 29.4. The van der Waals surface area contributed by atoms with Crippen molar-refractivity contribution in [3.05, 3.63) is 95.0 Å². The predicted octanol–water partition coefficient (Wildman–Crippen LogP) is 5.68. The van der Waals surface area contributed by atoms with Gasteiger partial charge >= 0.3 is 12.1 Å². The summed E-state index contributed by atoms with van der Waals surface area (Å²) < 4.78 is 51.3. The second-order valence-corrected chi connectivity index (χ2v) is 9.50. The van der Waals surface area contributed by atoms with Gasteiger partial charge in [0.1, 0.15) is 11.5 Å². The third-order valence-corrected chi connectivity index (χ3v) is 6.63. The van der Waals surface area contributed by atoms with Crippen molar-refractivity contribution in [2.24, 2.45) is 10.8 Å². The van der Waals surface area contributed by atoms with Crippen LogP contribution in [0.1, 0.15) is 29.9 Å². The third-order valence-electron chi connectivity index (χ3n) is 6.63. The molecule has 1 aliphatic heterocycles. The smallest absolute Gasteiger partial charge is 0.435 e. The molecule has 1 aliphatic rings. The van der Waals surface area contributed by atoms with Gasteiger partial charge in [-0.25, -0.2) is 9.78 Å². The number of hydrogen-bond acceptors (Lipinski definition) is 7. The lowest BCUT2D eigenvalue weighted by Gasteiger charge is -2.28. The molecule has 0 unspecified atom stereocenters. The Bertz CT molecular complexity index is 1430. The minimum Gasteiger partial charge on any atom is -0.493 e. The molecule has 0 atom stereocenters. The number of aryl methyl sites for hydroxylation is 2. The third kappa shape index (κ3) is 8.00. The molecule has 1 aromatic heterocycles. The number of halogens is 3. The van der Waals surface area contributed by atoms with Crippen LogP contribution in [-0.4, -0.2) is 52.7 Å². The van der Waals surface area contributed by atoms with Crippen molar-refractivity contribution in [1.29, 1.82) is 0 Å². The van der Waals surface area contributed by atoms with E-state index in [1.807, 2.05) is 61.5 Å². The van der Waals surface area contributed by atoms with Gasteiger partial charge in [0.25, 0.3) is 0 Å². The number of benzene rings is 2. The summed E-state index contributed by atoms with van der Waals surface area (Å²) in [5.41, 5.74) is 7.45. The van der Waals surface area contributed by atoms with Crippen molar-refractivity contribution < 1.29 is 32.2 Å². The maximum Gasteiger partial charge on any atom is 0.435 e. The largest absolute Gasteiger partial charge is 0.493 e. The molecule has 4 rings (SSSR count). The number of alkyl halides is 3. The van der Waals surface area contributed by atoms with Crippen LogP contribution in [0.5, 0.6) is 5.75 Å². The highest BCUT2D eigenvalue weighted by Crippen LogP contribution is 2.26. The summed E-state index contributed by atoms with van der Waals surface area (Å²) in [6, 6.07) is 17.1. The first kappa shape index (κ1) is 29.4. The first-order valence-corrected chi connectivity index (χ1v) is 13.1. The maximum absolute atomic E-state index is 13.2. The van der Waals surface area contributed by atoms with E-state index in [0.29, 0.717) is 49.2 Å². The summed E-state index contributed by atoms with van der Waals surface area (Å²) in [5, 5.41) is 14.5. The molecule has 0 saturated carbocycles. The zero-order valence-corrected chi connectivity index (χ0v) is 22.5. The average molecular weight is 569 g/mol. The summed E-state index contributed by atoms with van der Waals surface area (Å²) in [6.45, 7) is 2.34. The highest BCUT2D eigenvalue weighted by molar-refractivity contribution is 5.99. The van der Waals surface area contributed by atoms with E-state index < -0.39 is 17.9 Å². The Balaban J connectivity index is 1.33. The van der Waals surface area contributed by atoms with Gasteiger partial charge in [0, 0.05) is 24.1 Å². The van der Waals surface area contributed by atoms with Crippen LogP contribution < -0.4 is 10.5 Å². The normalized spacial score (nSPS) is 14.6. The highest BCUT2D eigenvalue weighted by atomic mass is 19.4. The van der Waals surface area contributed by atoms with E-state index in [1.165, 1.54) is 5.01 Å². The number of hydrogen-bond donors (Lipinski definition) is 2. The lowest BCUT2D eigenvalue weighted by atomic mass is 9.95. The summed E-state index contributed by atoms with van der Waals surface area (Å²) in [5.74, 6) is 0.929. The van der Waals surface area contributed by atoms with Crippen LogP contribution in [0.2, 0.25) is 0 Å². The minimum absolute atomic E-state index is 0.00568. The predicted molar refractivity (Wildman–Crippen MR) is 148 cm³/mol. The number of aromatic nitrogens is 1. The molecular weight excluding hydrogens is 537 g/mol. The fourth-order valence-electron chi connectivity index (χ4n) is 4.49. The van der Waals surface area contributed by atoms with E-state index in [2.05, 4.69) is 10.1 Å². The van der Waals surface area contributed by atoms with Crippen molar-refractivity contribution in [1.82, 2.24) is 9.99 Å². The standard InChI is InChI=1S/C30H31F3N4O4/c1-20-26(35-28(41-20)22-5-3-2-4-6-22)15-18-40-24-11-8-21(9-12-24)7-10-23-19-37(17-14-25(23)29(38)39)36-27(13-16-34)30(31,32)33/h2-6,8-9,11-13,16H,7,10,14-15,17-19,34H2,1H3,(H,38,39). The molecule has 3 N–H and O–H groups in total. The van der Waals surface area contributed by atoms with Crippen LogP contribution in [0.3, 0.4) is 0 Å². The molecule has 0 radical (unpaired) electrons. The molecule has 216 valence electrons. The second-order valence-electron chi connectivity index (χ2n) is 9.50. The highest BCUT2D eigenvalue weighted by Gasteiger charge is 2.35. The lowest BCUT2D eigenvalue weighted by Crippen LogP contribution is -2.33. The summed E-state index contributed by atoms with van der Waals surface area (Å²) in [4.78, 5) is 16.3. The monoisotopic (exact) mass is 568 g/mol. The van der Waals surface area contributed by atoms with Gasteiger partial charge in [-0.15, -0.1) is 0 Å². The maximum atomic E-state index is 13.2. The second kappa shape index (κ2) is 13.2. The van der Waals surface area contributed by atoms with Gasteiger partial charge in [-0.1, -0.05) is 30.3 Å². The number of rotatable bonds is 11. The van der Waals surface area contributed by atoms with Gasteiger partial charge in [-0.05, 0) is 73.9 Å². The van der Waals surface area contributed by atoms with Gasteiger partial charge < -0.3 is 20.0 Å². The molecule has 11 heteroatoms. The summed E-state index contributed by atoms with van der Waals surface area (Å²) >= 11 is 0. The van der Waals surface area contributed by atoms with Gasteiger partial charge in [-0.2, -0.15) is 18.3 Å². The Kier molecular flexibility index (Phi) is 9.49. The number of nitrogens with zero attached hydrogens (tertiary/aromatic N) is 3. The molecule has 0 aliphatic carbocycles. The van der Waals surface area contributed by atoms with E-state index in [-0.39, 0.29) is 25.1 Å². The number of aliphatic carboxylic acids is 1. The van der Waals surface area contributed by atoms with Crippen LogP contribution in [-0.2, 0) is 17.6 Å². The van der Waals surface area contributed by atoms with Crippen molar-refractivity contribution in [3.63, 3.8) is 0 Å². The van der Waals surface area contributed by atoms with E-state index in [9.17, 15) is 23.1 Å². The number of nitrogens with two attached hydrogens (primary N) is 1. The van der Waals surface area contributed by atoms with Crippen molar-refractivity contribution in [3.8, 4) is 17.2 Å². The van der Waals surface area contributed by atoms with Crippen LogP contribution in [0, 0.1) is 6.92 Å². The molecule has 0 saturated heterocycles. The fraction of sp³-hybridized carbons (Fsp3) is 0.300. The Hall–Kier alpha value is -4.54. The minimum atomic E-state index is -4.67. The van der Waals surface area contributed by atoms with E-state index in [1.54, 1.807) is 0 Å².